The minimum atomic E-state index is -0.179. The van der Waals surface area contributed by atoms with E-state index in [0.29, 0.717) is 5.39 Å². The second-order valence-corrected chi connectivity index (χ2v) is 3.87. The molecule has 0 spiro atoms. The van der Waals surface area contributed by atoms with Crippen LogP contribution in [0.5, 0.6) is 0 Å². The smallest absolute Gasteiger partial charge is 0.0967 e. The molecule has 0 aliphatic carbocycles. The van der Waals surface area contributed by atoms with Crippen molar-refractivity contribution in [1.82, 2.24) is 5.39 Å². The SMILES string of the molecule is C=CCc1ccccc1.OCCON(OCCO)OCCO. The molecule has 22 heavy (non-hydrogen) atoms. The Morgan fingerprint density at radius 2 is 1.32 bits per heavy atom. The van der Waals surface area contributed by atoms with E-state index in [1.807, 2.05) is 24.3 Å². The Morgan fingerprint density at radius 1 is 0.864 bits per heavy atom. The van der Waals surface area contributed by atoms with Gasteiger partial charge in [0.25, 0.3) is 0 Å². The standard InChI is InChI=1S/C9H10.C6H15NO6/c1-2-6-9-7-4-3-5-8-9;8-1-4-11-7(12-5-2-9)13-6-3-10/h2-5,7-8H,1,6H2;8-10H,1-6H2. The zero-order chi connectivity index (χ0) is 16.5. The van der Waals surface area contributed by atoms with Crippen molar-refractivity contribution in [2.24, 2.45) is 0 Å². The molecule has 3 N–H and O–H groups in total. The van der Waals surface area contributed by atoms with E-state index in [1.54, 1.807) is 0 Å². The molecule has 0 amide bonds. The van der Waals surface area contributed by atoms with Gasteiger partial charge in [0.1, 0.15) is 0 Å². The molecule has 0 saturated heterocycles. The maximum atomic E-state index is 8.40. The van der Waals surface area contributed by atoms with Crippen LogP contribution in [0.3, 0.4) is 0 Å². The third-order valence-electron chi connectivity index (χ3n) is 2.09. The first-order valence-electron chi connectivity index (χ1n) is 6.94. The molecule has 0 aliphatic heterocycles. The third-order valence-corrected chi connectivity index (χ3v) is 2.09. The highest BCUT2D eigenvalue weighted by Crippen LogP contribution is 1.98. The van der Waals surface area contributed by atoms with E-state index in [-0.39, 0.29) is 39.6 Å². The van der Waals surface area contributed by atoms with Gasteiger partial charge in [-0.3, -0.25) is 0 Å². The van der Waals surface area contributed by atoms with Gasteiger partial charge in [0, 0.05) is 0 Å². The first-order valence-corrected chi connectivity index (χ1v) is 6.94. The molecule has 0 bridgehead atoms. The van der Waals surface area contributed by atoms with E-state index in [9.17, 15) is 0 Å². The van der Waals surface area contributed by atoms with E-state index >= 15 is 0 Å². The molecule has 126 valence electrons. The second-order valence-electron chi connectivity index (χ2n) is 3.87. The third kappa shape index (κ3) is 12.4. The van der Waals surface area contributed by atoms with E-state index in [0.717, 1.165) is 6.42 Å². The number of hydrogen-bond acceptors (Lipinski definition) is 7. The maximum absolute atomic E-state index is 8.40. The number of aliphatic hydroxyl groups is 3. The van der Waals surface area contributed by atoms with Gasteiger partial charge >= 0.3 is 0 Å². The first-order chi connectivity index (χ1) is 10.8. The summed E-state index contributed by atoms with van der Waals surface area (Å²) in [5.74, 6) is 0. The summed E-state index contributed by atoms with van der Waals surface area (Å²) in [5.41, 5.74) is 1.33. The molecule has 1 aromatic rings. The van der Waals surface area contributed by atoms with Crippen LogP contribution in [0, 0.1) is 0 Å². The van der Waals surface area contributed by atoms with Crippen molar-refractivity contribution >= 4 is 0 Å². The van der Waals surface area contributed by atoms with Crippen LogP contribution in [-0.4, -0.2) is 60.4 Å². The predicted octanol–water partition coefficient (Wildman–Crippen LogP) is 0.475. The second kappa shape index (κ2) is 16.1. The highest BCUT2D eigenvalue weighted by molar-refractivity contribution is 5.16. The van der Waals surface area contributed by atoms with Crippen molar-refractivity contribution in [3.63, 3.8) is 0 Å². The van der Waals surface area contributed by atoms with Crippen LogP contribution >= 0.6 is 0 Å². The summed E-state index contributed by atoms with van der Waals surface area (Å²) in [6.45, 7) is 3.15. The fourth-order valence-corrected chi connectivity index (χ4v) is 1.24. The highest BCUT2D eigenvalue weighted by Gasteiger charge is 2.05. The van der Waals surface area contributed by atoms with Crippen molar-refractivity contribution in [3.8, 4) is 0 Å². The number of hydrogen-bond donors (Lipinski definition) is 3. The zero-order valence-electron chi connectivity index (χ0n) is 12.6. The summed E-state index contributed by atoms with van der Waals surface area (Å²) in [5, 5.41) is 25.9. The number of nitrogens with zero attached hydrogens (tertiary/aromatic N) is 1. The summed E-state index contributed by atoms with van der Waals surface area (Å²) in [6.07, 6.45) is 2.89. The molecule has 0 fully saturated rings. The predicted molar refractivity (Wildman–Crippen MR) is 81.3 cm³/mol. The molecule has 0 aromatic heterocycles. The lowest BCUT2D eigenvalue weighted by atomic mass is 10.2. The molecule has 0 unspecified atom stereocenters. The van der Waals surface area contributed by atoms with Crippen molar-refractivity contribution < 1.29 is 29.8 Å². The Hall–Kier alpha value is -1.32. The van der Waals surface area contributed by atoms with Crippen LogP contribution in [-0.2, 0) is 20.9 Å². The number of allylic oxidation sites excluding steroid dienone is 1. The van der Waals surface area contributed by atoms with Crippen LogP contribution in [0.1, 0.15) is 5.56 Å². The Bertz CT molecular complexity index is 330. The molecule has 0 aliphatic rings. The van der Waals surface area contributed by atoms with Crippen molar-refractivity contribution in [1.29, 1.82) is 0 Å². The number of rotatable bonds is 11. The Balaban J connectivity index is 0.000000425. The van der Waals surface area contributed by atoms with Crippen molar-refractivity contribution in [3.05, 3.63) is 48.6 Å². The molecule has 0 heterocycles. The Kier molecular flexibility index (Phi) is 15.1. The van der Waals surface area contributed by atoms with Gasteiger partial charge in [0.15, 0.2) is 0 Å². The fourth-order valence-electron chi connectivity index (χ4n) is 1.24. The average Bonchev–Trinajstić information content (AvgIpc) is 2.56. The summed E-state index contributed by atoms with van der Waals surface area (Å²) in [7, 11) is 0. The van der Waals surface area contributed by atoms with E-state index in [2.05, 4.69) is 18.7 Å². The first kappa shape index (κ1) is 20.7. The maximum Gasteiger partial charge on any atom is 0.0967 e. The van der Waals surface area contributed by atoms with Gasteiger partial charge in [0.05, 0.1) is 45.0 Å². The van der Waals surface area contributed by atoms with Crippen LogP contribution in [0.4, 0.5) is 0 Å². The minimum absolute atomic E-state index is 0.0108. The lowest BCUT2D eigenvalue weighted by Crippen LogP contribution is -2.28. The minimum Gasteiger partial charge on any atom is -0.394 e. The van der Waals surface area contributed by atoms with Crippen molar-refractivity contribution in [2.75, 3.05) is 39.6 Å². The molecule has 7 nitrogen and oxygen atoms in total. The topological polar surface area (TPSA) is 91.6 Å². The monoisotopic (exact) mass is 315 g/mol. The van der Waals surface area contributed by atoms with Crippen LogP contribution < -0.4 is 0 Å². The molecule has 1 aromatic carbocycles. The highest BCUT2D eigenvalue weighted by atomic mass is 17.2. The molecular weight excluding hydrogens is 290 g/mol. The Labute approximate surface area is 130 Å². The molecule has 0 saturated carbocycles. The fraction of sp³-hybridized carbons (Fsp3) is 0.467. The summed E-state index contributed by atoms with van der Waals surface area (Å²) >= 11 is 0. The Morgan fingerprint density at radius 3 is 1.68 bits per heavy atom. The molecule has 0 radical (unpaired) electrons. The van der Waals surface area contributed by atoms with Crippen LogP contribution in [0.2, 0.25) is 0 Å². The molecule has 0 atom stereocenters. The lowest BCUT2D eigenvalue weighted by Gasteiger charge is -2.17. The lowest BCUT2D eigenvalue weighted by molar-refractivity contribution is -0.527. The van der Waals surface area contributed by atoms with Gasteiger partial charge in [0.2, 0.25) is 0 Å². The largest absolute Gasteiger partial charge is 0.394 e. The molecular formula is C15H25NO6. The average molecular weight is 315 g/mol. The van der Waals surface area contributed by atoms with E-state index < -0.39 is 0 Å². The quantitative estimate of drug-likeness (QED) is 0.404. The van der Waals surface area contributed by atoms with Crippen LogP contribution in [0.15, 0.2) is 43.0 Å². The molecule has 7 heteroatoms. The summed E-state index contributed by atoms with van der Waals surface area (Å²) < 4.78 is 0. The number of aliphatic hydroxyl groups excluding tert-OH is 3. The zero-order valence-corrected chi connectivity index (χ0v) is 12.6. The van der Waals surface area contributed by atoms with Gasteiger partial charge in [-0.1, -0.05) is 36.4 Å². The van der Waals surface area contributed by atoms with Gasteiger partial charge in [-0.25, -0.2) is 14.5 Å². The van der Waals surface area contributed by atoms with Gasteiger partial charge in [-0.2, -0.15) is 0 Å². The van der Waals surface area contributed by atoms with Gasteiger partial charge in [-0.15, -0.1) is 6.58 Å². The van der Waals surface area contributed by atoms with Crippen LogP contribution in [0.25, 0.3) is 0 Å². The normalized spacial score (nSPS) is 10.2. The van der Waals surface area contributed by atoms with E-state index in [4.69, 9.17) is 29.8 Å². The summed E-state index contributed by atoms with van der Waals surface area (Å²) in [6, 6.07) is 10.3. The summed E-state index contributed by atoms with van der Waals surface area (Å²) in [4.78, 5) is 14.1. The van der Waals surface area contributed by atoms with Crippen molar-refractivity contribution in [2.45, 2.75) is 6.42 Å². The van der Waals surface area contributed by atoms with Gasteiger partial charge in [-0.05, 0) is 12.0 Å². The van der Waals surface area contributed by atoms with Gasteiger partial charge < -0.3 is 15.3 Å². The molecule has 1 rings (SSSR count). The van der Waals surface area contributed by atoms with E-state index in [1.165, 1.54) is 5.56 Å². The number of benzene rings is 1.